The van der Waals surface area contributed by atoms with Gasteiger partial charge in [-0.15, -0.1) is 0 Å². The molecule has 0 fully saturated rings. The number of hydrogen-bond acceptors (Lipinski definition) is 3. The summed E-state index contributed by atoms with van der Waals surface area (Å²) < 4.78 is 0. The Kier molecular flexibility index (Phi) is 2.12. The molecule has 5 heteroatoms. The molecule has 0 saturated heterocycles. The second kappa shape index (κ2) is 2.88. The van der Waals surface area contributed by atoms with Crippen LogP contribution in [0.3, 0.4) is 0 Å². The number of H-pyrrole nitrogens is 1. The molecule has 2 heterocycles. The maximum absolute atomic E-state index is 3.91. The van der Waals surface area contributed by atoms with E-state index in [1.807, 2.05) is 0 Å². The molecule has 0 aliphatic heterocycles. The maximum Gasteiger partial charge on any atom is 0.180 e. The average Bonchev–Trinajstić information content (AvgIpc) is 2.33. The zero-order chi connectivity index (χ0) is 6.10. The third kappa shape index (κ3) is 1.07. The van der Waals surface area contributed by atoms with Crippen LogP contribution in [0.2, 0.25) is 0 Å². The van der Waals surface area contributed by atoms with Crippen molar-refractivity contribution in [3.63, 3.8) is 0 Å². The van der Waals surface area contributed by atoms with Gasteiger partial charge in [-0.05, 0) is 0 Å². The van der Waals surface area contributed by atoms with Crippen LogP contribution in [0.15, 0.2) is 18.9 Å². The summed E-state index contributed by atoms with van der Waals surface area (Å²) in [7, 11) is 0. The monoisotopic (exact) mass is 218 g/mol. The molecule has 0 atom stereocenters. The summed E-state index contributed by atoms with van der Waals surface area (Å²) in [5.41, 5.74) is 1.59. The molecule has 0 unspecified atom stereocenters. The van der Waals surface area contributed by atoms with Gasteiger partial charge in [0.05, 0.1) is 12.5 Å². The Morgan fingerprint density at radius 1 is 1.30 bits per heavy atom. The van der Waals surface area contributed by atoms with Crippen molar-refractivity contribution in [1.29, 1.82) is 0 Å². The Labute approximate surface area is 71.4 Å². The minimum atomic E-state index is 0. The molecule has 1 N–H and O–H groups in total. The largest absolute Gasteiger partial charge is 0.342 e. The van der Waals surface area contributed by atoms with Crippen LogP contribution in [0, 0.1) is 0 Å². The van der Waals surface area contributed by atoms with Crippen molar-refractivity contribution >= 4 is 11.2 Å². The Hall–Kier alpha value is -0.762. The first kappa shape index (κ1) is 7.35. The fraction of sp³-hybridized carbons (Fsp3) is 0. The van der Waals surface area contributed by atoms with Gasteiger partial charge in [-0.25, -0.2) is 15.0 Å². The molecule has 0 aliphatic rings. The van der Waals surface area contributed by atoms with E-state index in [4.69, 9.17) is 0 Å². The molecule has 0 amide bonds. The van der Waals surface area contributed by atoms with Crippen molar-refractivity contribution in [2.24, 2.45) is 0 Å². The molecule has 0 saturated carbocycles. The summed E-state index contributed by atoms with van der Waals surface area (Å²) in [6, 6.07) is 0. The molecule has 10 heavy (non-hydrogen) atoms. The number of fused-ring (bicyclic) bond motifs is 1. The molecule has 0 aliphatic carbocycles. The van der Waals surface area contributed by atoms with Crippen molar-refractivity contribution in [3.8, 4) is 0 Å². The second-order valence-corrected chi connectivity index (χ2v) is 1.66. The van der Waals surface area contributed by atoms with E-state index in [1.54, 1.807) is 12.5 Å². The zero-order valence-corrected chi connectivity index (χ0v) is 6.99. The van der Waals surface area contributed by atoms with Crippen molar-refractivity contribution in [2.45, 2.75) is 0 Å². The van der Waals surface area contributed by atoms with Gasteiger partial charge in [-0.3, -0.25) is 0 Å². The summed E-state index contributed by atoms with van der Waals surface area (Å²) >= 11 is 0. The number of rotatable bonds is 0. The van der Waals surface area contributed by atoms with Gasteiger partial charge < -0.3 is 4.98 Å². The third-order valence-electron chi connectivity index (χ3n) is 1.10. The van der Waals surface area contributed by atoms with Gasteiger partial charge >= 0.3 is 0 Å². The summed E-state index contributed by atoms with van der Waals surface area (Å²) in [6.45, 7) is 0. The minimum Gasteiger partial charge on any atom is -0.342 e. The molecule has 2 aromatic heterocycles. The summed E-state index contributed by atoms with van der Waals surface area (Å²) in [5, 5.41) is 0. The topological polar surface area (TPSA) is 54.5 Å². The molecule has 0 aromatic carbocycles. The molecule has 4 nitrogen and oxygen atoms in total. The SMILES string of the molecule is [Mo].c1ncc2[nH]cnc2n1. The predicted molar refractivity (Wildman–Crippen MR) is 31.7 cm³/mol. The summed E-state index contributed by atoms with van der Waals surface area (Å²) in [6.07, 6.45) is 4.76. The molecule has 2 aromatic rings. The molecule has 0 spiro atoms. The minimum absolute atomic E-state index is 0. The quantitative estimate of drug-likeness (QED) is 0.646. The predicted octanol–water partition coefficient (Wildman–Crippen LogP) is 0.350. The van der Waals surface area contributed by atoms with E-state index in [0.717, 1.165) is 5.52 Å². The number of aromatic amines is 1. The van der Waals surface area contributed by atoms with Gasteiger partial charge in [0.25, 0.3) is 0 Å². The van der Waals surface area contributed by atoms with Crippen molar-refractivity contribution < 1.29 is 21.1 Å². The molecule has 2 rings (SSSR count). The van der Waals surface area contributed by atoms with Gasteiger partial charge in [-0.2, -0.15) is 0 Å². The van der Waals surface area contributed by atoms with Gasteiger partial charge in [0, 0.05) is 21.1 Å². The standard InChI is InChI=1S/C5H4N4.Mo/c1-4-5(8-2-6-1)9-3-7-4;/h1-3H,(H,6,7,8,9);. The number of nitrogens with one attached hydrogen (secondary N) is 1. The van der Waals surface area contributed by atoms with Crippen LogP contribution in [-0.2, 0) is 21.1 Å². The van der Waals surface area contributed by atoms with Crippen LogP contribution in [0.25, 0.3) is 11.2 Å². The number of imidazole rings is 1. The van der Waals surface area contributed by atoms with E-state index >= 15 is 0 Å². The van der Waals surface area contributed by atoms with Crippen LogP contribution in [0.4, 0.5) is 0 Å². The summed E-state index contributed by atoms with van der Waals surface area (Å²) in [5.74, 6) is 0. The second-order valence-electron chi connectivity index (χ2n) is 1.66. The van der Waals surface area contributed by atoms with E-state index in [2.05, 4.69) is 19.9 Å². The van der Waals surface area contributed by atoms with E-state index in [1.165, 1.54) is 6.33 Å². The van der Waals surface area contributed by atoms with Crippen molar-refractivity contribution in [2.75, 3.05) is 0 Å². The van der Waals surface area contributed by atoms with Gasteiger partial charge in [0.2, 0.25) is 0 Å². The Morgan fingerprint density at radius 2 is 2.20 bits per heavy atom. The Bertz CT molecular complexity index is 288. The van der Waals surface area contributed by atoms with Crippen LogP contribution in [0.1, 0.15) is 0 Å². The molecule has 50 valence electrons. The first-order chi connectivity index (χ1) is 4.47. The fourth-order valence-corrected chi connectivity index (χ4v) is 0.691. The molecular formula is C5H4MoN4. The average molecular weight is 216 g/mol. The molecule has 0 radical (unpaired) electrons. The first-order valence-corrected chi connectivity index (χ1v) is 2.56. The van der Waals surface area contributed by atoms with Crippen LogP contribution in [0.5, 0.6) is 0 Å². The van der Waals surface area contributed by atoms with Gasteiger partial charge in [0.1, 0.15) is 11.8 Å². The number of aromatic nitrogens is 4. The summed E-state index contributed by atoms with van der Waals surface area (Å²) in [4.78, 5) is 14.5. The fourth-order valence-electron chi connectivity index (χ4n) is 0.691. The number of nitrogens with zero attached hydrogens (tertiary/aromatic N) is 3. The Morgan fingerprint density at radius 3 is 3.00 bits per heavy atom. The van der Waals surface area contributed by atoms with Crippen LogP contribution < -0.4 is 0 Å². The molecular weight excluding hydrogens is 212 g/mol. The molecule has 0 bridgehead atoms. The van der Waals surface area contributed by atoms with E-state index in [0.29, 0.717) is 5.65 Å². The van der Waals surface area contributed by atoms with Crippen molar-refractivity contribution in [1.82, 2.24) is 19.9 Å². The first-order valence-electron chi connectivity index (χ1n) is 2.56. The number of hydrogen-bond donors (Lipinski definition) is 1. The van der Waals surface area contributed by atoms with E-state index < -0.39 is 0 Å². The van der Waals surface area contributed by atoms with E-state index in [9.17, 15) is 0 Å². The van der Waals surface area contributed by atoms with E-state index in [-0.39, 0.29) is 21.1 Å². The van der Waals surface area contributed by atoms with Crippen LogP contribution >= 0.6 is 0 Å². The third-order valence-corrected chi connectivity index (χ3v) is 1.10. The van der Waals surface area contributed by atoms with Gasteiger partial charge in [0.15, 0.2) is 5.65 Å². The smallest absolute Gasteiger partial charge is 0.180 e. The van der Waals surface area contributed by atoms with Crippen LogP contribution in [-0.4, -0.2) is 19.9 Å². The van der Waals surface area contributed by atoms with Crippen molar-refractivity contribution in [3.05, 3.63) is 18.9 Å². The Balaban J connectivity index is 0.000000500. The van der Waals surface area contributed by atoms with Gasteiger partial charge in [-0.1, -0.05) is 0 Å². The maximum atomic E-state index is 3.91. The zero-order valence-electron chi connectivity index (χ0n) is 4.98. The normalized spacial score (nSPS) is 9.20.